The summed E-state index contributed by atoms with van der Waals surface area (Å²) in [7, 11) is 2.53. The molecule has 8 nitrogen and oxygen atoms in total. The first-order valence-corrected chi connectivity index (χ1v) is 9.02. The highest BCUT2D eigenvalue weighted by molar-refractivity contribution is 5.70. The third kappa shape index (κ3) is 5.35. The minimum absolute atomic E-state index is 0.0663. The van der Waals surface area contributed by atoms with E-state index in [9.17, 15) is 13.6 Å². The third-order valence-corrected chi connectivity index (χ3v) is 4.24. The lowest BCUT2D eigenvalue weighted by atomic mass is 10.1. The molecule has 10 heteroatoms. The van der Waals surface area contributed by atoms with E-state index in [2.05, 4.69) is 15.3 Å². The summed E-state index contributed by atoms with van der Waals surface area (Å²) in [4.78, 5) is 18.9. The van der Waals surface area contributed by atoms with Crippen molar-refractivity contribution in [3.05, 3.63) is 65.5 Å². The van der Waals surface area contributed by atoms with Crippen LogP contribution >= 0.6 is 0 Å². The SMILES string of the molecule is COc1cc(OC)c(F)c(COc2cnc(Nc3ccc(CC(=O)O)cc3)nc2)c1F. The normalized spacial score (nSPS) is 10.5. The van der Waals surface area contributed by atoms with Crippen molar-refractivity contribution in [2.45, 2.75) is 13.0 Å². The number of halogens is 2. The van der Waals surface area contributed by atoms with Crippen molar-refractivity contribution in [3.63, 3.8) is 0 Å². The second-order valence-electron chi connectivity index (χ2n) is 6.31. The zero-order valence-electron chi connectivity index (χ0n) is 16.7. The Hall–Kier alpha value is -3.95. The Labute approximate surface area is 176 Å². The summed E-state index contributed by atoms with van der Waals surface area (Å²) in [5.41, 5.74) is 0.978. The van der Waals surface area contributed by atoms with Gasteiger partial charge in [-0.05, 0) is 17.7 Å². The Balaban J connectivity index is 1.66. The molecule has 0 atom stereocenters. The molecule has 2 aromatic carbocycles. The number of carboxylic acids is 1. The van der Waals surface area contributed by atoms with Crippen LogP contribution in [-0.2, 0) is 17.8 Å². The lowest BCUT2D eigenvalue weighted by molar-refractivity contribution is -0.136. The first-order chi connectivity index (χ1) is 14.9. The van der Waals surface area contributed by atoms with Crippen molar-refractivity contribution < 1.29 is 32.9 Å². The van der Waals surface area contributed by atoms with Gasteiger partial charge in [0.15, 0.2) is 28.9 Å². The highest BCUT2D eigenvalue weighted by Gasteiger charge is 2.20. The fourth-order valence-electron chi connectivity index (χ4n) is 2.68. The van der Waals surface area contributed by atoms with Crippen LogP contribution < -0.4 is 19.5 Å². The van der Waals surface area contributed by atoms with Crippen LogP contribution in [0.2, 0.25) is 0 Å². The van der Waals surface area contributed by atoms with E-state index in [4.69, 9.17) is 19.3 Å². The number of nitrogens with zero attached hydrogens (tertiary/aromatic N) is 2. The molecule has 0 amide bonds. The number of aromatic nitrogens is 2. The quantitative estimate of drug-likeness (QED) is 0.529. The number of benzene rings is 2. The number of hydrogen-bond acceptors (Lipinski definition) is 7. The van der Waals surface area contributed by atoms with E-state index in [0.717, 1.165) is 6.07 Å². The van der Waals surface area contributed by atoms with Gasteiger partial charge in [0.1, 0.15) is 6.61 Å². The average Bonchev–Trinajstić information content (AvgIpc) is 2.76. The van der Waals surface area contributed by atoms with Crippen LogP contribution in [0.15, 0.2) is 42.7 Å². The molecular formula is C21H19F2N3O5. The molecule has 3 aromatic rings. The van der Waals surface area contributed by atoms with E-state index >= 15 is 0 Å². The molecule has 0 aliphatic heterocycles. The Morgan fingerprint density at radius 2 is 1.61 bits per heavy atom. The molecule has 31 heavy (non-hydrogen) atoms. The Kier molecular flexibility index (Phi) is 6.81. The van der Waals surface area contributed by atoms with E-state index in [1.54, 1.807) is 24.3 Å². The van der Waals surface area contributed by atoms with Gasteiger partial charge in [0.2, 0.25) is 5.95 Å². The van der Waals surface area contributed by atoms with Crippen LogP contribution in [0.1, 0.15) is 11.1 Å². The number of anilines is 2. The molecule has 0 aliphatic carbocycles. The summed E-state index contributed by atoms with van der Waals surface area (Å²) in [6, 6.07) is 7.88. The molecule has 1 aromatic heterocycles. The number of nitrogens with one attached hydrogen (secondary N) is 1. The van der Waals surface area contributed by atoms with Crippen LogP contribution in [0.25, 0.3) is 0 Å². The third-order valence-electron chi connectivity index (χ3n) is 4.24. The maximum absolute atomic E-state index is 14.4. The van der Waals surface area contributed by atoms with Crippen LogP contribution in [0.4, 0.5) is 20.4 Å². The predicted molar refractivity (Wildman–Crippen MR) is 107 cm³/mol. The minimum atomic E-state index is -0.910. The number of rotatable bonds is 9. The molecule has 0 aliphatic rings. The van der Waals surface area contributed by atoms with Gasteiger partial charge in [-0.3, -0.25) is 4.79 Å². The molecule has 0 radical (unpaired) electrons. The van der Waals surface area contributed by atoms with Crippen molar-refractivity contribution in [1.29, 1.82) is 0 Å². The monoisotopic (exact) mass is 431 g/mol. The van der Waals surface area contributed by atoms with E-state index in [1.807, 2.05) is 0 Å². The molecule has 3 rings (SSSR count). The summed E-state index contributed by atoms with van der Waals surface area (Å²) >= 11 is 0. The molecule has 1 heterocycles. The molecule has 0 saturated heterocycles. The zero-order chi connectivity index (χ0) is 22.4. The number of carbonyl (C=O) groups is 1. The van der Waals surface area contributed by atoms with Crippen molar-refractivity contribution in [3.8, 4) is 17.2 Å². The van der Waals surface area contributed by atoms with Crippen LogP contribution in [-0.4, -0.2) is 35.3 Å². The second kappa shape index (κ2) is 9.70. The summed E-state index contributed by atoms with van der Waals surface area (Å²) in [6.07, 6.45) is 2.63. The van der Waals surface area contributed by atoms with Gasteiger partial charge < -0.3 is 24.6 Å². The average molecular weight is 431 g/mol. The van der Waals surface area contributed by atoms with Crippen molar-refractivity contribution in [1.82, 2.24) is 9.97 Å². The largest absolute Gasteiger partial charge is 0.494 e. The van der Waals surface area contributed by atoms with Crippen molar-refractivity contribution >= 4 is 17.6 Å². The topological polar surface area (TPSA) is 103 Å². The van der Waals surface area contributed by atoms with Gasteiger partial charge in [-0.15, -0.1) is 0 Å². The Morgan fingerprint density at radius 1 is 1.03 bits per heavy atom. The summed E-state index contributed by atoms with van der Waals surface area (Å²) in [5.74, 6) is -2.55. The van der Waals surface area contributed by atoms with Crippen LogP contribution in [0, 0.1) is 11.6 Å². The Morgan fingerprint density at radius 3 is 2.13 bits per heavy atom. The molecule has 0 fully saturated rings. The van der Waals surface area contributed by atoms with E-state index < -0.39 is 24.2 Å². The van der Waals surface area contributed by atoms with E-state index in [-0.39, 0.29) is 35.2 Å². The first kappa shape index (κ1) is 21.8. The minimum Gasteiger partial charge on any atom is -0.494 e. The molecule has 2 N–H and O–H groups in total. The lowest BCUT2D eigenvalue weighted by Gasteiger charge is -2.13. The summed E-state index contributed by atoms with van der Waals surface area (Å²) < 4.78 is 44.0. The highest BCUT2D eigenvalue weighted by atomic mass is 19.1. The zero-order valence-corrected chi connectivity index (χ0v) is 16.7. The van der Waals surface area contributed by atoms with Crippen LogP contribution in [0.5, 0.6) is 17.2 Å². The molecule has 0 saturated carbocycles. The molecule has 0 unspecified atom stereocenters. The maximum atomic E-state index is 14.4. The maximum Gasteiger partial charge on any atom is 0.307 e. The molecular weight excluding hydrogens is 412 g/mol. The number of aliphatic carboxylic acids is 1. The molecule has 0 bridgehead atoms. The fourth-order valence-corrected chi connectivity index (χ4v) is 2.68. The van der Waals surface area contributed by atoms with Gasteiger partial charge in [-0.25, -0.2) is 18.7 Å². The number of methoxy groups -OCH3 is 2. The van der Waals surface area contributed by atoms with Crippen molar-refractivity contribution in [2.75, 3.05) is 19.5 Å². The fraction of sp³-hybridized carbons (Fsp3) is 0.190. The molecule has 0 spiro atoms. The van der Waals surface area contributed by atoms with Crippen LogP contribution in [0.3, 0.4) is 0 Å². The number of hydrogen-bond donors (Lipinski definition) is 2. The number of carboxylic acid groups (broad SMARTS) is 1. The lowest BCUT2D eigenvalue weighted by Crippen LogP contribution is -2.06. The van der Waals surface area contributed by atoms with E-state index in [1.165, 1.54) is 26.6 Å². The van der Waals surface area contributed by atoms with Gasteiger partial charge in [0.25, 0.3) is 0 Å². The predicted octanol–water partition coefficient (Wildman–Crippen LogP) is 3.72. The first-order valence-electron chi connectivity index (χ1n) is 9.02. The summed E-state index contributed by atoms with van der Waals surface area (Å²) in [5, 5.41) is 11.8. The van der Waals surface area contributed by atoms with Gasteiger partial charge in [0, 0.05) is 11.8 Å². The highest BCUT2D eigenvalue weighted by Crippen LogP contribution is 2.32. The van der Waals surface area contributed by atoms with Gasteiger partial charge in [0.05, 0.1) is 38.6 Å². The number of ether oxygens (including phenoxy) is 3. The molecule has 162 valence electrons. The van der Waals surface area contributed by atoms with Gasteiger partial charge >= 0.3 is 5.97 Å². The van der Waals surface area contributed by atoms with Gasteiger partial charge in [-0.2, -0.15) is 0 Å². The van der Waals surface area contributed by atoms with E-state index in [0.29, 0.717) is 11.3 Å². The smallest absolute Gasteiger partial charge is 0.307 e. The second-order valence-corrected chi connectivity index (χ2v) is 6.31. The van der Waals surface area contributed by atoms with Crippen molar-refractivity contribution in [2.24, 2.45) is 0 Å². The van der Waals surface area contributed by atoms with Gasteiger partial charge in [-0.1, -0.05) is 12.1 Å². The standard InChI is InChI=1S/C21H19F2N3O5/c1-29-16-8-17(30-2)20(23)15(19(16)22)11-31-14-9-24-21(25-10-14)26-13-5-3-12(4-6-13)7-18(27)28/h3-6,8-10H,7,11H2,1-2H3,(H,27,28)(H,24,25,26). The Bertz CT molecular complexity index is 1030. The summed E-state index contributed by atoms with van der Waals surface area (Å²) in [6.45, 7) is -0.424.